The summed E-state index contributed by atoms with van der Waals surface area (Å²) < 4.78 is 7.24. The number of aryl methyl sites for hydroxylation is 1. The van der Waals surface area contributed by atoms with E-state index in [9.17, 15) is 4.79 Å². The number of carbonyl (C=O) groups excluding carboxylic acids is 1. The Labute approximate surface area is 127 Å². The molecule has 0 fully saturated rings. The van der Waals surface area contributed by atoms with E-state index in [0.29, 0.717) is 13.0 Å². The van der Waals surface area contributed by atoms with Gasteiger partial charge < -0.3 is 14.3 Å². The highest BCUT2D eigenvalue weighted by atomic mass is 35.5. The van der Waals surface area contributed by atoms with Gasteiger partial charge in [-0.25, -0.2) is 0 Å². The Bertz CT molecular complexity index is 635. The van der Waals surface area contributed by atoms with Gasteiger partial charge in [0, 0.05) is 25.9 Å². The molecule has 112 valence electrons. The van der Waals surface area contributed by atoms with Gasteiger partial charge in [0.05, 0.1) is 0 Å². The lowest BCUT2D eigenvalue weighted by molar-refractivity contribution is 0.0926. The number of furan rings is 1. The van der Waals surface area contributed by atoms with Gasteiger partial charge in [-0.3, -0.25) is 4.79 Å². The summed E-state index contributed by atoms with van der Waals surface area (Å²) in [5.74, 6) is 1.95. The van der Waals surface area contributed by atoms with Crippen LogP contribution in [0.4, 0.5) is 0 Å². The second-order valence-electron chi connectivity index (χ2n) is 5.10. The average molecular weight is 309 g/mol. The molecule has 0 saturated carbocycles. The van der Waals surface area contributed by atoms with Crippen LogP contribution in [-0.2, 0) is 19.4 Å². The average Bonchev–Trinajstić information content (AvgIpc) is 2.99. The number of carbonyl (C=O) groups is 1. The van der Waals surface area contributed by atoms with Crippen molar-refractivity contribution >= 4 is 17.5 Å². The molecule has 1 aliphatic heterocycles. The standard InChI is InChI=1S/C14H17ClN4O2/c15-11-6-5-10(21-11)14(20)16-8-7-13-18-17-12-4-2-1-3-9-19(12)13/h5-6H,1-4,7-9H2,(H,16,20). The van der Waals surface area contributed by atoms with Gasteiger partial charge in [-0.2, -0.15) is 0 Å². The fourth-order valence-corrected chi connectivity index (χ4v) is 2.69. The third kappa shape index (κ3) is 3.26. The van der Waals surface area contributed by atoms with E-state index in [1.807, 2.05) is 0 Å². The first-order chi connectivity index (χ1) is 10.2. The molecule has 1 amide bonds. The molecule has 0 aliphatic carbocycles. The molecule has 3 rings (SSSR count). The van der Waals surface area contributed by atoms with E-state index in [2.05, 4.69) is 20.1 Å². The molecule has 0 saturated heterocycles. The molecule has 1 N–H and O–H groups in total. The minimum absolute atomic E-state index is 0.211. The van der Waals surface area contributed by atoms with E-state index >= 15 is 0 Å². The lowest BCUT2D eigenvalue weighted by Gasteiger charge is -2.07. The number of nitrogens with zero attached hydrogens (tertiary/aromatic N) is 3. The SMILES string of the molecule is O=C(NCCc1nnc2n1CCCCC2)c1ccc(Cl)o1. The summed E-state index contributed by atoms with van der Waals surface area (Å²) in [6, 6.07) is 3.11. The van der Waals surface area contributed by atoms with Gasteiger partial charge in [-0.05, 0) is 36.6 Å². The van der Waals surface area contributed by atoms with Crippen molar-refractivity contribution in [3.63, 3.8) is 0 Å². The summed E-state index contributed by atoms with van der Waals surface area (Å²) in [6.45, 7) is 1.47. The van der Waals surface area contributed by atoms with E-state index in [0.717, 1.165) is 31.0 Å². The Balaban J connectivity index is 1.56. The van der Waals surface area contributed by atoms with E-state index in [4.69, 9.17) is 16.0 Å². The predicted molar refractivity (Wildman–Crippen MR) is 77.3 cm³/mol. The van der Waals surface area contributed by atoms with Crippen LogP contribution in [0, 0.1) is 0 Å². The third-order valence-electron chi connectivity index (χ3n) is 3.62. The second kappa shape index (κ2) is 6.30. The van der Waals surface area contributed by atoms with Gasteiger partial charge in [0.1, 0.15) is 11.6 Å². The summed E-state index contributed by atoms with van der Waals surface area (Å²) in [5.41, 5.74) is 0. The number of aromatic nitrogens is 3. The summed E-state index contributed by atoms with van der Waals surface area (Å²) in [7, 11) is 0. The number of nitrogens with one attached hydrogen (secondary N) is 1. The zero-order chi connectivity index (χ0) is 14.7. The zero-order valence-electron chi connectivity index (χ0n) is 11.6. The van der Waals surface area contributed by atoms with Crippen LogP contribution in [0.15, 0.2) is 16.5 Å². The molecule has 2 aromatic heterocycles. The summed E-state index contributed by atoms with van der Waals surface area (Å²) >= 11 is 5.65. The highest BCUT2D eigenvalue weighted by molar-refractivity contribution is 6.29. The Hall–Kier alpha value is -1.82. The molecule has 0 bridgehead atoms. The summed E-state index contributed by atoms with van der Waals surface area (Å²) in [6.07, 6.45) is 5.22. The van der Waals surface area contributed by atoms with E-state index in [1.165, 1.54) is 12.8 Å². The Morgan fingerprint density at radius 1 is 1.33 bits per heavy atom. The third-order valence-corrected chi connectivity index (χ3v) is 3.82. The molecule has 21 heavy (non-hydrogen) atoms. The normalized spacial score (nSPS) is 14.5. The van der Waals surface area contributed by atoms with Crippen LogP contribution in [0.1, 0.15) is 41.5 Å². The lowest BCUT2D eigenvalue weighted by Crippen LogP contribution is -2.26. The number of rotatable bonds is 4. The molecule has 2 aromatic rings. The van der Waals surface area contributed by atoms with Crippen LogP contribution in [0.25, 0.3) is 0 Å². The number of hydrogen-bond donors (Lipinski definition) is 1. The number of hydrogen-bond acceptors (Lipinski definition) is 4. The van der Waals surface area contributed by atoms with Crippen molar-refractivity contribution < 1.29 is 9.21 Å². The highest BCUT2D eigenvalue weighted by Crippen LogP contribution is 2.15. The predicted octanol–water partition coefficient (Wildman–Crippen LogP) is 2.22. The lowest BCUT2D eigenvalue weighted by atomic mass is 10.2. The molecule has 0 atom stereocenters. The molecule has 0 aromatic carbocycles. The van der Waals surface area contributed by atoms with Gasteiger partial charge >= 0.3 is 0 Å². The van der Waals surface area contributed by atoms with Crippen molar-refractivity contribution in [3.05, 3.63) is 34.8 Å². The molecular weight excluding hydrogens is 292 g/mol. The molecule has 0 spiro atoms. The van der Waals surface area contributed by atoms with Gasteiger partial charge in [0.15, 0.2) is 11.0 Å². The van der Waals surface area contributed by atoms with Crippen molar-refractivity contribution in [1.29, 1.82) is 0 Å². The summed E-state index contributed by atoms with van der Waals surface area (Å²) in [4.78, 5) is 11.8. The molecule has 3 heterocycles. The van der Waals surface area contributed by atoms with E-state index in [1.54, 1.807) is 12.1 Å². The molecule has 7 heteroatoms. The fourth-order valence-electron chi connectivity index (χ4n) is 2.54. The minimum atomic E-state index is -0.266. The van der Waals surface area contributed by atoms with Crippen molar-refractivity contribution in [1.82, 2.24) is 20.1 Å². The fraction of sp³-hybridized carbons (Fsp3) is 0.500. The first-order valence-corrected chi connectivity index (χ1v) is 7.56. The molecule has 1 aliphatic rings. The molecule has 0 unspecified atom stereocenters. The van der Waals surface area contributed by atoms with Crippen molar-refractivity contribution in [2.75, 3.05) is 6.54 Å². The van der Waals surface area contributed by atoms with Crippen molar-refractivity contribution in [2.24, 2.45) is 0 Å². The monoisotopic (exact) mass is 308 g/mol. The van der Waals surface area contributed by atoms with Crippen LogP contribution in [0.3, 0.4) is 0 Å². The Morgan fingerprint density at radius 3 is 3.05 bits per heavy atom. The van der Waals surface area contributed by atoms with Crippen LogP contribution in [0.2, 0.25) is 5.22 Å². The zero-order valence-corrected chi connectivity index (χ0v) is 12.4. The number of halogens is 1. The Kier molecular flexibility index (Phi) is 4.24. The smallest absolute Gasteiger partial charge is 0.287 e. The van der Waals surface area contributed by atoms with Gasteiger partial charge in [-0.1, -0.05) is 6.42 Å². The first-order valence-electron chi connectivity index (χ1n) is 7.18. The number of amides is 1. The topological polar surface area (TPSA) is 73.0 Å². The van der Waals surface area contributed by atoms with Gasteiger partial charge in [-0.15, -0.1) is 10.2 Å². The van der Waals surface area contributed by atoms with E-state index < -0.39 is 0 Å². The quantitative estimate of drug-likeness (QED) is 0.940. The minimum Gasteiger partial charge on any atom is -0.440 e. The highest BCUT2D eigenvalue weighted by Gasteiger charge is 2.15. The molecule has 6 nitrogen and oxygen atoms in total. The van der Waals surface area contributed by atoms with Crippen molar-refractivity contribution in [3.8, 4) is 0 Å². The molecular formula is C14H17ClN4O2. The number of fused-ring (bicyclic) bond motifs is 1. The maximum Gasteiger partial charge on any atom is 0.287 e. The van der Waals surface area contributed by atoms with Crippen LogP contribution >= 0.6 is 11.6 Å². The largest absolute Gasteiger partial charge is 0.440 e. The van der Waals surface area contributed by atoms with Gasteiger partial charge in [0.25, 0.3) is 5.91 Å². The van der Waals surface area contributed by atoms with Crippen LogP contribution in [0.5, 0.6) is 0 Å². The van der Waals surface area contributed by atoms with E-state index in [-0.39, 0.29) is 16.9 Å². The Morgan fingerprint density at radius 2 is 2.24 bits per heavy atom. The first kappa shape index (κ1) is 14.1. The summed E-state index contributed by atoms with van der Waals surface area (Å²) in [5, 5.41) is 11.5. The van der Waals surface area contributed by atoms with Gasteiger partial charge in [0.2, 0.25) is 0 Å². The maximum absolute atomic E-state index is 11.8. The maximum atomic E-state index is 11.8. The second-order valence-corrected chi connectivity index (χ2v) is 5.48. The van der Waals surface area contributed by atoms with Crippen molar-refractivity contribution in [2.45, 2.75) is 38.6 Å². The van der Waals surface area contributed by atoms with Crippen LogP contribution < -0.4 is 5.32 Å². The van der Waals surface area contributed by atoms with Crippen LogP contribution in [-0.4, -0.2) is 27.2 Å². The molecule has 0 radical (unpaired) electrons.